The summed E-state index contributed by atoms with van der Waals surface area (Å²) >= 11 is 0. The van der Waals surface area contributed by atoms with E-state index in [0.717, 1.165) is 11.8 Å². The number of carbonyl (C=O) groups excluding carboxylic acids is 2. The van der Waals surface area contributed by atoms with Crippen molar-refractivity contribution in [1.29, 1.82) is 0 Å². The van der Waals surface area contributed by atoms with Crippen LogP contribution < -0.4 is 5.32 Å². The van der Waals surface area contributed by atoms with E-state index in [1.54, 1.807) is 0 Å². The van der Waals surface area contributed by atoms with Crippen molar-refractivity contribution >= 4 is 12.4 Å². The summed E-state index contributed by atoms with van der Waals surface area (Å²) in [6.07, 6.45) is 5.62. The van der Waals surface area contributed by atoms with E-state index in [9.17, 15) is 9.59 Å². The van der Waals surface area contributed by atoms with Gasteiger partial charge in [0.2, 0.25) is 0 Å². The lowest BCUT2D eigenvalue weighted by molar-refractivity contribution is -0.158. The average Bonchev–Trinajstić information content (AvgIpc) is 3.05. The van der Waals surface area contributed by atoms with Gasteiger partial charge in [0, 0.05) is 12.0 Å². The normalized spacial score (nSPS) is 56.5. The van der Waals surface area contributed by atoms with Crippen LogP contribution in [0.4, 0.5) is 0 Å². The zero-order chi connectivity index (χ0) is 11.8. The highest BCUT2D eigenvalue weighted by molar-refractivity contribution is 5.91. The highest BCUT2D eigenvalue weighted by Crippen LogP contribution is 2.65. The van der Waals surface area contributed by atoms with Crippen LogP contribution in [0.25, 0.3) is 0 Å². The molecule has 0 amide bonds. The van der Waals surface area contributed by atoms with Gasteiger partial charge in [-0.15, -0.1) is 0 Å². The van der Waals surface area contributed by atoms with Crippen LogP contribution in [0.15, 0.2) is 12.2 Å². The molecule has 17 heavy (non-hydrogen) atoms. The summed E-state index contributed by atoms with van der Waals surface area (Å²) < 4.78 is 4.60. The van der Waals surface area contributed by atoms with Gasteiger partial charge < -0.3 is 4.74 Å². The van der Waals surface area contributed by atoms with Gasteiger partial charge >= 0.3 is 12.4 Å². The van der Waals surface area contributed by atoms with E-state index >= 15 is 0 Å². The third-order valence-corrected chi connectivity index (χ3v) is 5.45. The van der Waals surface area contributed by atoms with Crippen molar-refractivity contribution in [3.8, 4) is 0 Å². The lowest BCUT2D eigenvalue weighted by Crippen LogP contribution is -2.59. The SMILES string of the molecule is CC1C[C@@H]2C1C1C=CC2[C@]2(C(=O)OC=O)N[C@@H]12. The summed E-state index contributed by atoms with van der Waals surface area (Å²) in [5, 5.41) is 3.32. The van der Waals surface area contributed by atoms with E-state index in [2.05, 4.69) is 29.1 Å². The Kier molecular flexibility index (Phi) is 1.62. The van der Waals surface area contributed by atoms with Crippen LogP contribution in [0.5, 0.6) is 0 Å². The van der Waals surface area contributed by atoms with Crippen molar-refractivity contribution in [2.45, 2.75) is 24.9 Å². The number of hydrogen-bond acceptors (Lipinski definition) is 4. The van der Waals surface area contributed by atoms with Gasteiger partial charge in [-0.05, 0) is 30.1 Å². The molecule has 1 aliphatic heterocycles. The minimum atomic E-state index is -0.568. The number of hydrogen-bond donors (Lipinski definition) is 1. The fraction of sp³-hybridized carbons (Fsp3) is 0.692. The summed E-state index contributed by atoms with van der Waals surface area (Å²) in [7, 11) is 0. The minimum absolute atomic E-state index is 0.203. The summed E-state index contributed by atoms with van der Waals surface area (Å²) in [5.74, 6) is 2.39. The minimum Gasteiger partial charge on any atom is -0.394 e. The van der Waals surface area contributed by atoms with E-state index in [-0.39, 0.29) is 24.4 Å². The third-order valence-electron chi connectivity index (χ3n) is 5.45. The highest BCUT2D eigenvalue weighted by Gasteiger charge is 2.76. The Balaban J connectivity index is 1.70. The summed E-state index contributed by atoms with van der Waals surface area (Å²) in [4.78, 5) is 22.3. The quantitative estimate of drug-likeness (QED) is 0.248. The predicted octanol–water partition coefficient (Wildman–Crippen LogP) is 0.485. The molecule has 0 aromatic carbocycles. The molecule has 0 radical (unpaired) electrons. The summed E-state index contributed by atoms with van der Waals surface area (Å²) in [6, 6.07) is 0.203. The lowest BCUT2D eigenvalue weighted by Gasteiger charge is -2.56. The van der Waals surface area contributed by atoms with Gasteiger partial charge in [0.1, 0.15) is 5.54 Å². The first-order chi connectivity index (χ1) is 8.20. The standard InChI is InChI=1S/C13H15NO3/c1-6-4-8-9-3-2-7(10(6)8)11-13(9,14-11)12(16)17-5-15/h2-3,5-11,14H,4H2,1H3/t6?,7?,8-,9?,10?,11-,13-/m0/s1. The van der Waals surface area contributed by atoms with Gasteiger partial charge in [0.15, 0.2) is 0 Å². The lowest BCUT2D eigenvalue weighted by atomic mass is 9.46. The molecule has 1 heterocycles. The van der Waals surface area contributed by atoms with E-state index in [1.165, 1.54) is 6.42 Å². The van der Waals surface area contributed by atoms with Crippen LogP contribution in [0.3, 0.4) is 0 Å². The zero-order valence-electron chi connectivity index (χ0n) is 9.63. The van der Waals surface area contributed by atoms with E-state index in [0.29, 0.717) is 11.8 Å². The van der Waals surface area contributed by atoms with E-state index in [1.807, 2.05) is 0 Å². The van der Waals surface area contributed by atoms with Crippen LogP contribution in [-0.4, -0.2) is 24.0 Å². The Morgan fingerprint density at radius 2 is 2.35 bits per heavy atom. The van der Waals surface area contributed by atoms with Gasteiger partial charge in [-0.25, -0.2) is 4.79 Å². The first-order valence-corrected chi connectivity index (χ1v) is 6.31. The van der Waals surface area contributed by atoms with E-state index in [4.69, 9.17) is 0 Å². The molecular formula is C13H15NO3. The fourth-order valence-electron chi connectivity index (χ4n) is 4.74. The molecule has 0 spiro atoms. The number of carbonyl (C=O) groups is 2. The van der Waals surface area contributed by atoms with Crippen molar-refractivity contribution in [3.05, 3.63) is 12.2 Å². The van der Waals surface area contributed by atoms with Crippen LogP contribution in [-0.2, 0) is 14.3 Å². The number of nitrogens with one attached hydrogen (secondary N) is 1. The molecule has 4 aliphatic carbocycles. The number of ether oxygens (including phenoxy) is 1. The molecule has 4 nitrogen and oxygen atoms in total. The Bertz CT molecular complexity index is 446. The van der Waals surface area contributed by atoms with Gasteiger partial charge in [-0.3, -0.25) is 10.1 Å². The Morgan fingerprint density at radius 1 is 1.53 bits per heavy atom. The molecule has 4 unspecified atom stereocenters. The Labute approximate surface area is 99.4 Å². The molecule has 1 saturated heterocycles. The topological polar surface area (TPSA) is 65.3 Å². The first-order valence-electron chi connectivity index (χ1n) is 6.31. The number of esters is 1. The van der Waals surface area contributed by atoms with Crippen LogP contribution >= 0.6 is 0 Å². The molecule has 1 N–H and O–H groups in total. The number of rotatable bonds is 2. The van der Waals surface area contributed by atoms with Crippen molar-refractivity contribution < 1.29 is 14.3 Å². The molecule has 5 rings (SSSR count). The molecule has 2 bridgehead atoms. The molecule has 0 aromatic heterocycles. The molecule has 0 aromatic rings. The van der Waals surface area contributed by atoms with Crippen LogP contribution in [0, 0.1) is 29.6 Å². The fourth-order valence-corrected chi connectivity index (χ4v) is 4.74. The maximum absolute atomic E-state index is 12.0. The largest absolute Gasteiger partial charge is 0.394 e. The molecule has 90 valence electrons. The van der Waals surface area contributed by atoms with Crippen molar-refractivity contribution in [1.82, 2.24) is 5.32 Å². The molecule has 7 atom stereocenters. The van der Waals surface area contributed by atoms with Gasteiger partial charge in [-0.1, -0.05) is 19.1 Å². The maximum atomic E-state index is 12.0. The Morgan fingerprint density at radius 3 is 3.06 bits per heavy atom. The molecular weight excluding hydrogens is 218 g/mol. The van der Waals surface area contributed by atoms with Gasteiger partial charge in [0.05, 0.1) is 0 Å². The van der Waals surface area contributed by atoms with Crippen molar-refractivity contribution in [2.24, 2.45) is 29.6 Å². The van der Waals surface area contributed by atoms with Crippen LogP contribution in [0.1, 0.15) is 13.3 Å². The average molecular weight is 233 g/mol. The molecule has 5 aliphatic rings. The molecule has 3 fully saturated rings. The second-order valence-electron chi connectivity index (χ2n) is 5.93. The molecule has 4 heteroatoms. The monoisotopic (exact) mass is 233 g/mol. The maximum Gasteiger partial charge on any atom is 0.336 e. The van der Waals surface area contributed by atoms with Crippen molar-refractivity contribution in [2.75, 3.05) is 0 Å². The van der Waals surface area contributed by atoms with Gasteiger partial charge in [0.25, 0.3) is 0 Å². The third kappa shape index (κ3) is 0.910. The Hall–Kier alpha value is -1.16. The van der Waals surface area contributed by atoms with Crippen LogP contribution in [0.2, 0.25) is 0 Å². The predicted molar refractivity (Wildman–Crippen MR) is 58.7 cm³/mol. The second kappa shape index (κ2) is 2.80. The summed E-state index contributed by atoms with van der Waals surface area (Å²) in [5.41, 5.74) is -0.568. The first kappa shape index (κ1) is 9.83. The zero-order valence-corrected chi connectivity index (χ0v) is 9.63. The second-order valence-corrected chi connectivity index (χ2v) is 5.93. The van der Waals surface area contributed by atoms with Gasteiger partial charge in [-0.2, -0.15) is 0 Å². The van der Waals surface area contributed by atoms with E-state index < -0.39 is 5.54 Å². The highest BCUT2D eigenvalue weighted by atomic mass is 16.6. The molecule has 2 saturated carbocycles. The van der Waals surface area contributed by atoms with Crippen molar-refractivity contribution in [3.63, 3.8) is 0 Å². The summed E-state index contributed by atoms with van der Waals surface area (Å²) in [6.45, 7) is 2.55. The smallest absolute Gasteiger partial charge is 0.336 e.